The Morgan fingerprint density at radius 1 is 1.22 bits per heavy atom. The van der Waals surface area contributed by atoms with E-state index in [1.807, 2.05) is 31.5 Å². The van der Waals surface area contributed by atoms with Gasteiger partial charge in [-0.2, -0.15) is 4.98 Å². The molecule has 0 amide bonds. The number of hydrogen-bond donors (Lipinski definition) is 3. The minimum atomic E-state index is -0.149. The highest BCUT2D eigenvalue weighted by molar-refractivity contribution is 5.47. The van der Waals surface area contributed by atoms with Gasteiger partial charge in [0.15, 0.2) is 0 Å². The van der Waals surface area contributed by atoms with E-state index in [0.29, 0.717) is 18.5 Å². The van der Waals surface area contributed by atoms with Crippen molar-refractivity contribution in [3.05, 3.63) is 41.9 Å². The van der Waals surface area contributed by atoms with Crippen molar-refractivity contribution in [1.82, 2.24) is 15.0 Å². The van der Waals surface area contributed by atoms with Gasteiger partial charge in [-0.15, -0.1) is 0 Å². The number of aliphatic hydroxyl groups is 1. The summed E-state index contributed by atoms with van der Waals surface area (Å²) in [6.07, 6.45) is 8.89. The van der Waals surface area contributed by atoms with Crippen LogP contribution in [-0.2, 0) is 6.54 Å². The quantitative estimate of drug-likeness (QED) is 0.787. The van der Waals surface area contributed by atoms with Gasteiger partial charge in [0, 0.05) is 36.7 Å². The summed E-state index contributed by atoms with van der Waals surface area (Å²) in [6.45, 7) is 2.67. The fraction of sp³-hybridized carbons (Fsp3) is 0.471. The Morgan fingerprint density at radius 2 is 2.04 bits per heavy atom. The largest absolute Gasteiger partial charge is 0.393 e. The second-order valence-electron chi connectivity index (χ2n) is 6.09. The number of anilines is 2. The van der Waals surface area contributed by atoms with E-state index in [2.05, 4.69) is 25.6 Å². The number of rotatable bonds is 5. The van der Waals surface area contributed by atoms with E-state index in [-0.39, 0.29) is 6.10 Å². The lowest BCUT2D eigenvalue weighted by atomic mass is 9.93. The molecule has 0 radical (unpaired) electrons. The molecule has 0 unspecified atom stereocenters. The SMILES string of the molecule is Cc1cnc(NC2CCC(O)CC2)nc1NCc1cccnc1. The van der Waals surface area contributed by atoms with Crippen molar-refractivity contribution in [2.24, 2.45) is 0 Å². The van der Waals surface area contributed by atoms with Gasteiger partial charge < -0.3 is 15.7 Å². The number of aryl methyl sites for hydroxylation is 1. The molecule has 0 atom stereocenters. The molecule has 6 heteroatoms. The molecule has 23 heavy (non-hydrogen) atoms. The third kappa shape index (κ3) is 4.39. The van der Waals surface area contributed by atoms with Gasteiger partial charge in [0.25, 0.3) is 0 Å². The molecule has 2 aromatic heterocycles. The van der Waals surface area contributed by atoms with Crippen molar-refractivity contribution in [3.8, 4) is 0 Å². The molecule has 3 rings (SSSR count). The standard InChI is InChI=1S/C17H23N5O/c1-12-9-20-17(21-14-4-6-15(23)7-5-14)22-16(12)19-11-13-3-2-8-18-10-13/h2-3,8-10,14-15,23H,4-7,11H2,1H3,(H2,19,20,21,22). The number of hydrogen-bond acceptors (Lipinski definition) is 6. The smallest absolute Gasteiger partial charge is 0.224 e. The third-order valence-electron chi connectivity index (χ3n) is 4.18. The van der Waals surface area contributed by atoms with Crippen LogP contribution in [-0.4, -0.2) is 32.2 Å². The van der Waals surface area contributed by atoms with Crippen molar-refractivity contribution in [1.29, 1.82) is 0 Å². The Bertz CT molecular complexity index is 626. The van der Waals surface area contributed by atoms with Crippen LogP contribution in [0.5, 0.6) is 0 Å². The van der Waals surface area contributed by atoms with Crippen LogP contribution in [0, 0.1) is 6.92 Å². The average molecular weight is 313 g/mol. The highest BCUT2D eigenvalue weighted by Crippen LogP contribution is 2.22. The first-order valence-corrected chi connectivity index (χ1v) is 8.12. The van der Waals surface area contributed by atoms with Crippen LogP contribution in [0.15, 0.2) is 30.7 Å². The van der Waals surface area contributed by atoms with E-state index in [0.717, 1.165) is 42.6 Å². The second-order valence-corrected chi connectivity index (χ2v) is 6.09. The van der Waals surface area contributed by atoms with Crippen molar-refractivity contribution in [2.45, 2.75) is 51.3 Å². The van der Waals surface area contributed by atoms with Crippen LogP contribution in [0.3, 0.4) is 0 Å². The average Bonchev–Trinajstić information content (AvgIpc) is 2.58. The highest BCUT2D eigenvalue weighted by atomic mass is 16.3. The molecule has 0 bridgehead atoms. The topological polar surface area (TPSA) is 83.0 Å². The summed E-state index contributed by atoms with van der Waals surface area (Å²) >= 11 is 0. The number of aliphatic hydroxyl groups excluding tert-OH is 1. The second kappa shape index (κ2) is 7.37. The monoisotopic (exact) mass is 313 g/mol. The van der Waals surface area contributed by atoms with E-state index >= 15 is 0 Å². The predicted molar refractivity (Wildman–Crippen MR) is 90.2 cm³/mol. The van der Waals surface area contributed by atoms with Gasteiger partial charge in [0.1, 0.15) is 5.82 Å². The molecule has 1 fully saturated rings. The van der Waals surface area contributed by atoms with Crippen LogP contribution in [0.25, 0.3) is 0 Å². The Balaban J connectivity index is 1.62. The van der Waals surface area contributed by atoms with Gasteiger partial charge in [-0.25, -0.2) is 4.98 Å². The van der Waals surface area contributed by atoms with Crippen molar-refractivity contribution in [2.75, 3.05) is 10.6 Å². The Morgan fingerprint density at radius 3 is 2.78 bits per heavy atom. The molecule has 1 saturated carbocycles. The zero-order valence-corrected chi connectivity index (χ0v) is 13.4. The lowest BCUT2D eigenvalue weighted by Gasteiger charge is -2.26. The van der Waals surface area contributed by atoms with Gasteiger partial charge in [-0.3, -0.25) is 4.98 Å². The summed E-state index contributed by atoms with van der Waals surface area (Å²) in [7, 11) is 0. The first-order valence-electron chi connectivity index (χ1n) is 8.12. The molecule has 2 heterocycles. The molecule has 0 aliphatic heterocycles. The summed E-state index contributed by atoms with van der Waals surface area (Å²) in [6, 6.07) is 4.30. The molecule has 0 aromatic carbocycles. The molecular formula is C17H23N5O. The minimum Gasteiger partial charge on any atom is -0.393 e. The van der Waals surface area contributed by atoms with Crippen LogP contribution < -0.4 is 10.6 Å². The number of aromatic nitrogens is 3. The summed E-state index contributed by atoms with van der Waals surface area (Å²) in [4.78, 5) is 13.1. The van der Waals surface area contributed by atoms with Gasteiger partial charge >= 0.3 is 0 Å². The van der Waals surface area contributed by atoms with E-state index < -0.39 is 0 Å². The number of pyridine rings is 1. The number of nitrogens with one attached hydrogen (secondary N) is 2. The molecule has 6 nitrogen and oxygen atoms in total. The molecule has 3 N–H and O–H groups in total. The summed E-state index contributed by atoms with van der Waals surface area (Å²) in [5.74, 6) is 1.48. The third-order valence-corrected chi connectivity index (χ3v) is 4.18. The van der Waals surface area contributed by atoms with Crippen LogP contribution in [0.2, 0.25) is 0 Å². The fourth-order valence-corrected chi connectivity index (χ4v) is 2.78. The maximum atomic E-state index is 9.58. The van der Waals surface area contributed by atoms with Crippen molar-refractivity contribution in [3.63, 3.8) is 0 Å². The maximum absolute atomic E-state index is 9.58. The molecule has 1 aliphatic carbocycles. The Hall–Kier alpha value is -2.21. The van der Waals surface area contributed by atoms with Gasteiger partial charge in [0.2, 0.25) is 5.95 Å². The van der Waals surface area contributed by atoms with E-state index in [9.17, 15) is 5.11 Å². The van der Waals surface area contributed by atoms with E-state index in [1.54, 1.807) is 6.20 Å². The number of nitrogens with zero attached hydrogens (tertiary/aromatic N) is 3. The summed E-state index contributed by atoms with van der Waals surface area (Å²) in [5, 5.41) is 16.3. The van der Waals surface area contributed by atoms with Crippen LogP contribution >= 0.6 is 0 Å². The zero-order chi connectivity index (χ0) is 16.1. The zero-order valence-electron chi connectivity index (χ0n) is 13.4. The molecule has 0 saturated heterocycles. The first-order chi connectivity index (χ1) is 11.2. The fourth-order valence-electron chi connectivity index (χ4n) is 2.78. The first kappa shape index (κ1) is 15.7. The summed E-state index contributed by atoms with van der Waals surface area (Å²) < 4.78 is 0. The van der Waals surface area contributed by atoms with Crippen LogP contribution in [0.4, 0.5) is 11.8 Å². The normalized spacial score (nSPS) is 21.0. The predicted octanol–water partition coefficient (Wildman–Crippen LogP) is 2.51. The Kier molecular flexibility index (Phi) is 5.02. The minimum absolute atomic E-state index is 0.149. The van der Waals surface area contributed by atoms with Gasteiger partial charge in [-0.05, 0) is 44.2 Å². The highest BCUT2D eigenvalue weighted by Gasteiger charge is 2.20. The van der Waals surface area contributed by atoms with Crippen molar-refractivity contribution >= 4 is 11.8 Å². The molecule has 122 valence electrons. The summed E-state index contributed by atoms with van der Waals surface area (Å²) in [5.41, 5.74) is 2.12. The van der Waals surface area contributed by atoms with E-state index in [1.165, 1.54) is 0 Å². The molecule has 0 spiro atoms. The lowest BCUT2D eigenvalue weighted by Crippen LogP contribution is -2.29. The molecular weight excluding hydrogens is 290 g/mol. The van der Waals surface area contributed by atoms with E-state index in [4.69, 9.17) is 0 Å². The maximum Gasteiger partial charge on any atom is 0.224 e. The molecule has 2 aromatic rings. The molecule has 1 aliphatic rings. The lowest BCUT2D eigenvalue weighted by molar-refractivity contribution is 0.126. The van der Waals surface area contributed by atoms with Gasteiger partial charge in [0.05, 0.1) is 6.10 Å². The van der Waals surface area contributed by atoms with Crippen LogP contribution in [0.1, 0.15) is 36.8 Å². The Labute approximate surface area is 136 Å². The van der Waals surface area contributed by atoms with Gasteiger partial charge in [-0.1, -0.05) is 6.07 Å². The van der Waals surface area contributed by atoms with Crippen molar-refractivity contribution < 1.29 is 5.11 Å².